The van der Waals surface area contributed by atoms with Gasteiger partial charge in [-0.25, -0.2) is 9.07 Å². The van der Waals surface area contributed by atoms with Crippen molar-refractivity contribution in [1.82, 2.24) is 14.8 Å². The summed E-state index contributed by atoms with van der Waals surface area (Å²) >= 11 is 6.00. The molecule has 2 heterocycles. The second-order valence-corrected chi connectivity index (χ2v) is 6.87. The number of benzene rings is 2. The Balaban J connectivity index is 1.74. The standard InChI is InChI=1S/C19H17ClFN5O/c1-11(27)22-18-24-19-23-16(12-2-6-14(20)7-3-12)10-17(26(19)25-18)13-4-8-15(21)9-5-13/h2-9,16-17H,10H2,1H3,(H2,22,23,24,25,27). The van der Waals surface area contributed by atoms with Gasteiger partial charge in [0.2, 0.25) is 11.9 Å². The number of halogens is 2. The van der Waals surface area contributed by atoms with E-state index in [0.717, 1.165) is 11.1 Å². The minimum Gasteiger partial charge on any atom is -0.347 e. The lowest BCUT2D eigenvalue weighted by atomic mass is 9.93. The van der Waals surface area contributed by atoms with Crippen molar-refractivity contribution >= 4 is 29.4 Å². The highest BCUT2D eigenvalue weighted by molar-refractivity contribution is 6.30. The molecule has 1 amide bonds. The van der Waals surface area contributed by atoms with Gasteiger partial charge in [0.25, 0.3) is 5.95 Å². The molecule has 27 heavy (non-hydrogen) atoms. The quantitative estimate of drug-likeness (QED) is 0.709. The van der Waals surface area contributed by atoms with Crippen molar-refractivity contribution < 1.29 is 9.18 Å². The summed E-state index contributed by atoms with van der Waals surface area (Å²) in [6, 6.07) is 13.8. The van der Waals surface area contributed by atoms with Gasteiger partial charge in [-0.05, 0) is 41.8 Å². The number of fused-ring (bicyclic) bond motifs is 1. The van der Waals surface area contributed by atoms with Crippen molar-refractivity contribution in [2.24, 2.45) is 0 Å². The molecule has 2 N–H and O–H groups in total. The molecule has 0 saturated heterocycles. The second-order valence-electron chi connectivity index (χ2n) is 6.44. The summed E-state index contributed by atoms with van der Waals surface area (Å²) in [6.07, 6.45) is 0.684. The van der Waals surface area contributed by atoms with Crippen LogP contribution >= 0.6 is 11.6 Å². The van der Waals surface area contributed by atoms with Gasteiger partial charge in [0, 0.05) is 11.9 Å². The van der Waals surface area contributed by atoms with Gasteiger partial charge in [-0.2, -0.15) is 4.98 Å². The van der Waals surface area contributed by atoms with E-state index in [1.54, 1.807) is 16.8 Å². The molecule has 4 rings (SSSR count). The summed E-state index contributed by atoms with van der Waals surface area (Å²) in [6.45, 7) is 1.40. The number of nitrogens with one attached hydrogen (secondary N) is 2. The molecule has 2 aromatic carbocycles. The molecule has 0 bridgehead atoms. The minimum atomic E-state index is -0.292. The smallest absolute Gasteiger partial charge is 0.250 e. The highest BCUT2D eigenvalue weighted by Gasteiger charge is 2.31. The van der Waals surface area contributed by atoms with Crippen LogP contribution in [0.15, 0.2) is 48.5 Å². The van der Waals surface area contributed by atoms with E-state index < -0.39 is 0 Å². The largest absolute Gasteiger partial charge is 0.347 e. The number of nitrogens with zero attached hydrogens (tertiary/aromatic N) is 3. The fourth-order valence-corrected chi connectivity index (χ4v) is 3.39. The van der Waals surface area contributed by atoms with Gasteiger partial charge in [0.1, 0.15) is 5.82 Å². The fraction of sp³-hybridized carbons (Fsp3) is 0.211. The maximum absolute atomic E-state index is 13.4. The first kappa shape index (κ1) is 17.5. The van der Waals surface area contributed by atoms with Crippen molar-refractivity contribution in [1.29, 1.82) is 0 Å². The SMILES string of the molecule is CC(=O)Nc1nc2n(n1)C(c1ccc(F)cc1)CC(c1ccc(Cl)cc1)N2. The molecule has 2 atom stereocenters. The zero-order valence-electron chi connectivity index (χ0n) is 14.5. The van der Waals surface area contributed by atoms with Crippen molar-refractivity contribution in [2.45, 2.75) is 25.4 Å². The Kier molecular flexibility index (Phi) is 4.53. The maximum atomic E-state index is 13.4. The lowest BCUT2D eigenvalue weighted by molar-refractivity contribution is -0.114. The fourth-order valence-electron chi connectivity index (χ4n) is 3.26. The number of aromatic nitrogens is 3. The molecule has 6 nitrogen and oxygen atoms in total. The third-order valence-electron chi connectivity index (χ3n) is 4.50. The second kappa shape index (κ2) is 7.00. The molecule has 0 aliphatic carbocycles. The Morgan fingerprint density at radius 2 is 1.85 bits per heavy atom. The summed E-state index contributed by atoms with van der Waals surface area (Å²) in [5.41, 5.74) is 1.97. The molecular formula is C19H17ClFN5O. The Morgan fingerprint density at radius 1 is 1.19 bits per heavy atom. The molecule has 1 aromatic heterocycles. The van der Waals surface area contributed by atoms with Gasteiger partial charge in [-0.3, -0.25) is 10.1 Å². The van der Waals surface area contributed by atoms with Crippen LogP contribution in [0.2, 0.25) is 5.02 Å². The maximum Gasteiger partial charge on any atom is 0.250 e. The van der Waals surface area contributed by atoms with Crippen LogP contribution in [0.1, 0.15) is 36.6 Å². The molecule has 0 radical (unpaired) electrons. The van der Waals surface area contributed by atoms with Gasteiger partial charge >= 0.3 is 0 Å². The van der Waals surface area contributed by atoms with Crippen LogP contribution in [0.25, 0.3) is 0 Å². The van der Waals surface area contributed by atoms with E-state index in [2.05, 4.69) is 20.7 Å². The van der Waals surface area contributed by atoms with Crippen LogP contribution in [0.4, 0.5) is 16.3 Å². The lowest BCUT2D eigenvalue weighted by Gasteiger charge is -2.31. The topological polar surface area (TPSA) is 71.8 Å². The summed E-state index contributed by atoms with van der Waals surface area (Å²) in [4.78, 5) is 15.7. The highest BCUT2D eigenvalue weighted by atomic mass is 35.5. The summed E-state index contributed by atoms with van der Waals surface area (Å²) in [5.74, 6) is 0.235. The number of rotatable bonds is 3. The van der Waals surface area contributed by atoms with Gasteiger partial charge < -0.3 is 5.32 Å². The average molecular weight is 386 g/mol. The molecule has 0 spiro atoms. The van der Waals surface area contributed by atoms with Crippen LogP contribution in [-0.2, 0) is 4.79 Å². The number of hydrogen-bond acceptors (Lipinski definition) is 4. The first-order valence-corrected chi connectivity index (χ1v) is 8.89. The number of hydrogen-bond donors (Lipinski definition) is 2. The average Bonchev–Trinajstić information content (AvgIpc) is 3.03. The number of carbonyl (C=O) groups excluding carboxylic acids is 1. The molecule has 2 unspecified atom stereocenters. The monoisotopic (exact) mass is 385 g/mol. The van der Waals surface area contributed by atoms with Gasteiger partial charge in [-0.1, -0.05) is 35.9 Å². The van der Waals surface area contributed by atoms with E-state index in [1.807, 2.05) is 24.3 Å². The van der Waals surface area contributed by atoms with Crippen molar-refractivity contribution in [3.8, 4) is 0 Å². The molecule has 138 valence electrons. The third-order valence-corrected chi connectivity index (χ3v) is 4.76. The molecular weight excluding hydrogens is 369 g/mol. The zero-order valence-corrected chi connectivity index (χ0v) is 15.2. The van der Waals surface area contributed by atoms with E-state index in [4.69, 9.17) is 11.6 Å². The molecule has 1 aliphatic rings. The van der Waals surface area contributed by atoms with Crippen LogP contribution in [0.5, 0.6) is 0 Å². The predicted octanol–water partition coefficient (Wildman–Crippen LogP) is 4.18. The third kappa shape index (κ3) is 3.64. The van der Waals surface area contributed by atoms with Crippen LogP contribution < -0.4 is 10.6 Å². The predicted molar refractivity (Wildman–Crippen MR) is 101 cm³/mol. The zero-order chi connectivity index (χ0) is 19.0. The minimum absolute atomic E-state index is 0.0285. The summed E-state index contributed by atoms with van der Waals surface area (Å²) < 4.78 is 15.1. The van der Waals surface area contributed by atoms with Crippen molar-refractivity contribution in [3.05, 3.63) is 70.5 Å². The normalized spacial score (nSPS) is 18.5. The van der Waals surface area contributed by atoms with Crippen LogP contribution in [0, 0.1) is 5.82 Å². The summed E-state index contributed by atoms with van der Waals surface area (Å²) in [7, 11) is 0. The Labute approximate surface area is 160 Å². The molecule has 0 fully saturated rings. The van der Waals surface area contributed by atoms with Gasteiger partial charge in [0.05, 0.1) is 12.1 Å². The number of amides is 1. The summed E-state index contributed by atoms with van der Waals surface area (Å²) in [5, 5.41) is 11.0. The first-order valence-electron chi connectivity index (χ1n) is 8.51. The Bertz CT molecular complexity index is 971. The molecule has 1 aliphatic heterocycles. The molecule has 0 saturated carbocycles. The first-order chi connectivity index (χ1) is 13.0. The Hall–Kier alpha value is -2.93. The van der Waals surface area contributed by atoms with Gasteiger partial charge in [0.15, 0.2) is 0 Å². The van der Waals surface area contributed by atoms with Crippen LogP contribution in [0.3, 0.4) is 0 Å². The molecule has 3 aromatic rings. The highest BCUT2D eigenvalue weighted by Crippen LogP contribution is 2.38. The van der Waals surface area contributed by atoms with E-state index in [0.29, 0.717) is 17.4 Å². The van der Waals surface area contributed by atoms with E-state index >= 15 is 0 Å². The van der Waals surface area contributed by atoms with Crippen molar-refractivity contribution in [3.63, 3.8) is 0 Å². The van der Waals surface area contributed by atoms with Crippen LogP contribution in [-0.4, -0.2) is 20.7 Å². The van der Waals surface area contributed by atoms with Gasteiger partial charge in [-0.15, -0.1) is 5.10 Å². The molecule has 8 heteroatoms. The lowest BCUT2D eigenvalue weighted by Crippen LogP contribution is -2.28. The number of carbonyl (C=O) groups is 1. The van der Waals surface area contributed by atoms with E-state index in [1.165, 1.54) is 19.1 Å². The number of anilines is 2. The van der Waals surface area contributed by atoms with E-state index in [-0.39, 0.29) is 29.8 Å². The Morgan fingerprint density at radius 3 is 2.52 bits per heavy atom. The van der Waals surface area contributed by atoms with Crippen molar-refractivity contribution in [2.75, 3.05) is 10.6 Å². The van der Waals surface area contributed by atoms with E-state index in [9.17, 15) is 9.18 Å².